The summed E-state index contributed by atoms with van der Waals surface area (Å²) >= 11 is 0. The molecule has 3 N–H and O–H groups in total. The molecule has 0 aliphatic rings. The van der Waals surface area contributed by atoms with Crippen molar-refractivity contribution in [1.29, 1.82) is 0 Å². The normalized spacial score (nSPS) is 10.1. The topological polar surface area (TPSA) is 55.1 Å². The highest BCUT2D eigenvalue weighted by Crippen LogP contribution is 2.23. The van der Waals surface area contributed by atoms with Crippen molar-refractivity contribution >= 4 is 22.8 Å². The SMILES string of the molecule is CC(=O)c1ccc(Nc2ccc(F)cc2N)cc1. The molecule has 0 aliphatic heterocycles. The van der Waals surface area contributed by atoms with Gasteiger partial charge in [-0.3, -0.25) is 4.79 Å². The van der Waals surface area contributed by atoms with E-state index in [9.17, 15) is 9.18 Å². The average Bonchev–Trinajstić information content (AvgIpc) is 2.33. The van der Waals surface area contributed by atoms with E-state index in [0.717, 1.165) is 5.69 Å². The summed E-state index contributed by atoms with van der Waals surface area (Å²) < 4.78 is 12.9. The van der Waals surface area contributed by atoms with Crippen LogP contribution in [0.15, 0.2) is 42.5 Å². The number of ketones is 1. The minimum Gasteiger partial charge on any atom is -0.397 e. The first-order chi connectivity index (χ1) is 8.56. The molecule has 18 heavy (non-hydrogen) atoms. The van der Waals surface area contributed by atoms with E-state index in [2.05, 4.69) is 5.32 Å². The molecule has 2 aromatic rings. The fourth-order valence-electron chi connectivity index (χ4n) is 1.59. The highest BCUT2D eigenvalue weighted by molar-refractivity contribution is 5.94. The van der Waals surface area contributed by atoms with Gasteiger partial charge in [-0.1, -0.05) is 0 Å². The molecule has 0 radical (unpaired) electrons. The van der Waals surface area contributed by atoms with E-state index < -0.39 is 0 Å². The van der Waals surface area contributed by atoms with E-state index in [0.29, 0.717) is 16.9 Å². The third-order valence-corrected chi connectivity index (χ3v) is 2.58. The summed E-state index contributed by atoms with van der Waals surface area (Å²) in [5.74, 6) is -0.354. The molecule has 0 saturated carbocycles. The molecule has 2 aromatic carbocycles. The maximum absolute atomic E-state index is 12.9. The van der Waals surface area contributed by atoms with Gasteiger partial charge in [-0.05, 0) is 49.4 Å². The number of hydrogen-bond donors (Lipinski definition) is 2. The van der Waals surface area contributed by atoms with E-state index in [4.69, 9.17) is 5.73 Å². The third kappa shape index (κ3) is 2.66. The Morgan fingerprint density at radius 3 is 2.39 bits per heavy atom. The van der Waals surface area contributed by atoms with Crippen LogP contribution in [0.5, 0.6) is 0 Å². The lowest BCUT2D eigenvalue weighted by Crippen LogP contribution is -1.98. The molecule has 0 aromatic heterocycles. The summed E-state index contributed by atoms with van der Waals surface area (Å²) in [7, 11) is 0. The van der Waals surface area contributed by atoms with Gasteiger partial charge in [-0.15, -0.1) is 0 Å². The predicted octanol–water partition coefficient (Wildman–Crippen LogP) is 3.35. The number of Topliss-reactive ketones (excluding diaryl/α,β-unsaturated/α-hetero) is 1. The first-order valence-electron chi connectivity index (χ1n) is 5.49. The molecule has 2 rings (SSSR count). The second-order valence-corrected chi connectivity index (χ2v) is 3.99. The van der Waals surface area contributed by atoms with Crippen LogP contribution in [0, 0.1) is 5.82 Å². The van der Waals surface area contributed by atoms with Gasteiger partial charge in [-0.25, -0.2) is 4.39 Å². The van der Waals surface area contributed by atoms with Crippen LogP contribution < -0.4 is 11.1 Å². The number of rotatable bonds is 3. The van der Waals surface area contributed by atoms with Crippen molar-refractivity contribution in [2.45, 2.75) is 6.92 Å². The molecule has 0 saturated heterocycles. The van der Waals surface area contributed by atoms with Gasteiger partial charge >= 0.3 is 0 Å². The number of halogens is 1. The summed E-state index contributed by atoms with van der Waals surface area (Å²) in [6.45, 7) is 1.51. The molecule has 0 amide bonds. The molecule has 92 valence electrons. The number of nitrogens with one attached hydrogen (secondary N) is 1. The van der Waals surface area contributed by atoms with Crippen molar-refractivity contribution < 1.29 is 9.18 Å². The van der Waals surface area contributed by atoms with Gasteiger partial charge in [0.25, 0.3) is 0 Å². The fraction of sp³-hybridized carbons (Fsp3) is 0.0714. The number of benzene rings is 2. The lowest BCUT2D eigenvalue weighted by Gasteiger charge is -2.09. The molecule has 4 heteroatoms. The Kier molecular flexibility index (Phi) is 3.28. The monoisotopic (exact) mass is 244 g/mol. The first-order valence-corrected chi connectivity index (χ1v) is 5.49. The van der Waals surface area contributed by atoms with Gasteiger partial charge < -0.3 is 11.1 Å². The third-order valence-electron chi connectivity index (χ3n) is 2.58. The molecule has 0 heterocycles. The molecule has 0 bridgehead atoms. The average molecular weight is 244 g/mol. The summed E-state index contributed by atoms with van der Waals surface area (Å²) in [5, 5.41) is 3.06. The van der Waals surface area contributed by atoms with Crippen LogP contribution in [0.4, 0.5) is 21.5 Å². The van der Waals surface area contributed by atoms with Gasteiger partial charge in [0.2, 0.25) is 0 Å². The highest BCUT2D eigenvalue weighted by atomic mass is 19.1. The van der Waals surface area contributed by atoms with E-state index in [1.165, 1.54) is 19.1 Å². The molecule has 0 atom stereocenters. The zero-order valence-corrected chi connectivity index (χ0v) is 9.91. The standard InChI is InChI=1S/C14H13FN2O/c1-9(18)10-2-5-12(6-3-10)17-14-7-4-11(15)8-13(14)16/h2-8,17H,16H2,1H3. The Balaban J connectivity index is 2.21. The maximum atomic E-state index is 12.9. The summed E-state index contributed by atoms with van der Waals surface area (Å²) in [6, 6.07) is 11.2. The Morgan fingerprint density at radius 1 is 1.17 bits per heavy atom. The zero-order valence-electron chi connectivity index (χ0n) is 9.91. The first kappa shape index (κ1) is 12.1. The predicted molar refractivity (Wildman–Crippen MR) is 70.5 cm³/mol. The second kappa shape index (κ2) is 4.87. The van der Waals surface area contributed by atoms with Gasteiger partial charge in [0.05, 0.1) is 11.4 Å². The van der Waals surface area contributed by atoms with Crippen molar-refractivity contribution in [3.63, 3.8) is 0 Å². The van der Waals surface area contributed by atoms with Gasteiger partial charge in [0.15, 0.2) is 5.78 Å². The minimum atomic E-state index is -0.370. The number of carbonyl (C=O) groups excluding carboxylic acids is 1. The fourth-order valence-corrected chi connectivity index (χ4v) is 1.59. The minimum absolute atomic E-state index is 0.0165. The highest BCUT2D eigenvalue weighted by Gasteiger charge is 2.02. The smallest absolute Gasteiger partial charge is 0.159 e. The van der Waals surface area contributed by atoms with Gasteiger partial charge in [0.1, 0.15) is 5.82 Å². The largest absolute Gasteiger partial charge is 0.397 e. The zero-order chi connectivity index (χ0) is 13.1. The van der Waals surface area contributed by atoms with Crippen molar-refractivity contribution in [2.75, 3.05) is 11.1 Å². The number of nitrogens with two attached hydrogens (primary N) is 1. The van der Waals surface area contributed by atoms with Crippen LogP contribution in [0.25, 0.3) is 0 Å². The second-order valence-electron chi connectivity index (χ2n) is 3.99. The van der Waals surface area contributed by atoms with Crippen LogP contribution in [0.1, 0.15) is 17.3 Å². The van der Waals surface area contributed by atoms with Gasteiger partial charge in [0, 0.05) is 11.3 Å². The van der Waals surface area contributed by atoms with Crippen LogP contribution in [0.3, 0.4) is 0 Å². The Hall–Kier alpha value is -2.36. The summed E-state index contributed by atoms with van der Waals surface area (Å²) in [6.07, 6.45) is 0. The molecule has 0 unspecified atom stereocenters. The molecule has 3 nitrogen and oxygen atoms in total. The number of carbonyl (C=O) groups is 1. The number of nitrogen functional groups attached to an aromatic ring is 1. The lowest BCUT2D eigenvalue weighted by molar-refractivity contribution is 0.101. The van der Waals surface area contributed by atoms with Crippen molar-refractivity contribution in [2.24, 2.45) is 0 Å². The summed E-state index contributed by atoms with van der Waals surface area (Å²) in [4.78, 5) is 11.1. The van der Waals surface area contributed by atoms with Crippen LogP contribution in [0.2, 0.25) is 0 Å². The number of hydrogen-bond acceptors (Lipinski definition) is 3. The maximum Gasteiger partial charge on any atom is 0.159 e. The van der Waals surface area contributed by atoms with Crippen molar-refractivity contribution in [3.8, 4) is 0 Å². The van der Waals surface area contributed by atoms with Crippen LogP contribution >= 0.6 is 0 Å². The van der Waals surface area contributed by atoms with Crippen LogP contribution in [-0.4, -0.2) is 5.78 Å². The van der Waals surface area contributed by atoms with E-state index in [1.807, 2.05) is 0 Å². The molecule has 0 spiro atoms. The van der Waals surface area contributed by atoms with E-state index in [1.54, 1.807) is 30.3 Å². The Labute approximate surface area is 104 Å². The number of anilines is 3. The Bertz CT molecular complexity index is 579. The van der Waals surface area contributed by atoms with Crippen LogP contribution in [-0.2, 0) is 0 Å². The molecule has 0 aliphatic carbocycles. The quantitative estimate of drug-likeness (QED) is 0.643. The summed E-state index contributed by atoms with van der Waals surface area (Å²) in [5.41, 5.74) is 8.10. The van der Waals surface area contributed by atoms with Crippen molar-refractivity contribution in [3.05, 3.63) is 53.8 Å². The molecular formula is C14H13FN2O. The van der Waals surface area contributed by atoms with E-state index >= 15 is 0 Å². The van der Waals surface area contributed by atoms with E-state index in [-0.39, 0.29) is 11.6 Å². The lowest BCUT2D eigenvalue weighted by atomic mass is 10.1. The molecule has 0 fully saturated rings. The molecular weight excluding hydrogens is 231 g/mol. The Morgan fingerprint density at radius 2 is 1.83 bits per heavy atom. The van der Waals surface area contributed by atoms with Crippen molar-refractivity contribution in [1.82, 2.24) is 0 Å². The van der Waals surface area contributed by atoms with Gasteiger partial charge in [-0.2, -0.15) is 0 Å².